The Labute approximate surface area is 221 Å². The lowest BCUT2D eigenvalue weighted by Crippen LogP contribution is -2.51. The van der Waals surface area contributed by atoms with E-state index >= 15 is 0 Å². The summed E-state index contributed by atoms with van der Waals surface area (Å²) in [4.78, 5) is 11.9. The Hall–Kier alpha value is -1.03. The molecule has 0 heterocycles. The van der Waals surface area contributed by atoms with Gasteiger partial charge in [-0.25, -0.2) is 4.79 Å². The summed E-state index contributed by atoms with van der Waals surface area (Å²) in [7, 11) is 0. The maximum absolute atomic E-state index is 11.9. The van der Waals surface area contributed by atoms with Crippen LogP contribution in [-0.4, -0.2) is 30.6 Å². The zero-order valence-electron chi connectivity index (χ0n) is 24.1. The zero-order valence-corrected chi connectivity index (χ0v) is 24.1. The van der Waals surface area contributed by atoms with Crippen LogP contribution in [0.2, 0.25) is 0 Å². The molecular formula is C32H54O4. The van der Waals surface area contributed by atoms with Crippen molar-refractivity contribution in [3.8, 4) is 0 Å². The monoisotopic (exact) mass is 502 g/mol. The molecule has 4 aliphatic rings. The fourth-order valence-electron chi connectivity index (χ4n) is 9.69. The van der Waals surface area contributed by atoms with Gasteiger partial charge in [0.25, 0.3) is 0 Å². The predicted octanol–water partition coefficient (Wildman–Crippen LogP) is 8.18. The maximum Gasteiger partial charge on any atom is 0.508 e. The van der Waals surface area contributed by atoms with Gasteiger partial charge in [-0.05, 0) is 104 Å². The zero-order chi connectivity index (χ0) is 26.1. The normalized spacial score (nSPS) is 39.4. The van der Waals surface area contributed by atoms with E-state index in [1.165, 1.54) is 56.9 Å². The third-order valence-corrected chi connectivity index (χ3v) is 11.9. The summed E-state index contributed by atoms with van der Waals surface area (Å²) in [6, 6.07) is 0. The molecule has 0 radical (unpaired) electrons. The van der Waals surface area contributed by atoms with Crippen molar-refractivity contribution in [3.05, 3.63) is 11.6 Å². The minimum Gasteiger partial charge on any atom is -0.432 e. The van der Waals surface area contributed by atoms with E-state index in [0.29, 0.717) is 5.41 Å². The summed E-state index contributed by atoms with van der Waals surface area (Å²) >= 11 is 0. The SMILES string of the molecule is CC[C@H](CC[C@@H](C)[C@H]1CCC2C3CC=C4C[C@@H](OC(=O)OCCO)CC[C@]4(C)C3CC[C@@]21C)C(C)C. The van der Waals surface area contributed by atoms with E-state index in [1.807, 2.05) is 0 Å². The number of hydrogen-bond acceptors (Lipinski definition) is 4. The van der Waals surface area contributed by atoms with Crippen LogP contribution in [0.25, 0.3) is 0 Å². The van der Waals surface area contributed by atoms with Gasteiger partial charge in [-0.15, -0.1) is 0 Å². The van der Waals surface area contributed by atoms with Gasteiger partial charge in [-0.3, -0.25) is 0 Å². The summed E-state index contributed by atoms with van der Waals surface area (Å²) < 4.78 is 10.5. The van der Waals surface area contributed by atoms with Crippen LogP contribution in [0.15, 0.2) is 11.6 Å². The minimum absolute atomic E-state index is 0.00635. The second kappa shape index (κ2) is 11.4. The highest BCUT2D eigenvalue weighted by Gasteiger charge is 2.59. The van der Waals surface area contributed by atoms with Gasteiger partial charge in [0.1, 0.15) is 12.7 Å². The first kappa shape index (κ1) is 28.0. The predicted molar refractivity (Wildman–Crippen MR) is 146 cm³/mol. The van der Waals surface area contributed by atoms with Crippen molar-refractivity contribution >= 4 is 6.16 Å². The number of aliphatic hydroxyl groups excluding tert-OH is 1. The molecule has 206 valence electrons. The van der Waals surface area contributed by atoms with Crippen LogP contribution in [0.4, 0.5) is 4.79 Å². The van der Waals surface area contributed by atoms with Crippen LogP contribution in [0.3, 0.4) is 0 Å². The van der Waals surface area contributed by atoms with Crippen LogP contribution in [0.5, 0.6) is 0 Å². The van der Waals surface area contributed by atoms with Crippen molar-refractivity contribution in [2.75, 3.05) is 13.2 Å². The molecule has 4 rings (SSSR count). The Morgan fingerprint density at radius 3 is 2.56 bits per heavy atom. The van der Waals surface area contributed by atoms with E-state index < -0.39 is 6.16 Å². The third kappa shape index (κ3) is 5.27. The van der Waals surface area contributed by atoms with Gasteiger partial charge < -0.3 is 14.6 Å². The van der Waals surface area contributed by atoms with Gasteiger partial charge in [0.05, 0.1) is 6.61 Å². The molecule has 3 unspecified atom stereocenters. The fourth-order valence-corrected chi connectivity index (χ4v) is 9.69. The van der Waals surface area contributed by atoms with Gasteiger partial charge in [-0.1, -0.05) is 66.0 Å². The Morgan fingerprint density at radius 1 is 1.08 bits per heavy atom. The van der Waals surface area contributed by atoms with Crippen molar-refractivity contribution < 1.29 is 19.4 Å². The number of aliphatic hydroxyl groups is 1. The molecule has 4 heteroatoms. The summed E-state index contributed by atoms with van der Waals surface area (Å²) in [6.07, 6.45) is 15.7. The molecule has 36 heavy (non-hydrogen) atoms. The van der Waals surface area contributed by atoms with Crippen LogP contribution in [-0.2, 0) is 9.47 Å². The van der Waals surface area contributed by atoms with Crippen molar-refractivity contribution in [2.24, 2.45) is 52.3 Å². The first-order valence-electron chi connectivity index (χ1n) is 15.3. The highest BCUT2D eigenvalue weighted by Crippen LogP contribution is 2.67. The van der Waals surface area contributed by atoms with E-state index in [4.69, 9.17) is 14.6 Å². The van der Waals surface area contributed by atoms with Crippen LogP contribution >= 0.6 is 0 Å². The number of ether oxygens (including phenoxy) is 2. The van der Waals surface area contributed by atoms with Crippen molar-refractivity contribution in [2.45, 2.75) is 118 Å². The quantitative estimate of drug-likeness (QED) is 0.255. The molecule has 0 aromatic heterocycles. The molecule has 0 bridgehead atoms. The molecule has 1 N–H and O–H groups in total. The first-order valence-corrected chi connectivity index (χ1v) is 15.3. The van der Waals surface area contributed by atoms with Gasteiger partial charge in [0, 0.05) is 6.42 Å². The Bertz CT molecular complexity index is 789. The van der Waals surface area contributed by atoms with Gasteiger partial charge in [0.15, 0.2) is 0 Å². The average Bonchev–Trinajstić information content (AvgIpc) is 3.20. The van der Waals surface area contributed by atoms with Crippen molar-refractivity contribution in [1.29, 1.82) is 0 Å². The van der Waals surface area contributed by atoms with Crippen LogP contribution in [0.1, 0.15) is 112 Å². The Balaban J connectivity index is 1.41. The molecule has 9 atom stereocenters. The van der Waals surface area contributed by atoms with E-state index in [9.17, 15) is 4.79 Å². The number of carbonyl (C=O) groups is 1. The van der Waals surface area contributed by atoms with Crippen LogP contribution in [0, 0.1) is 52.3 Å². The van der Waals surface area contributed by atoms with E-state index in [0.717, 1.165) is 60.7 Å². The van der Waals surface area contributed by atoms with E-state index in [2.05, 4.69) is 47.6 Å². The van der Waals surface area contributed by atoms with Gasteiger partial charge >= 0.3 is 6.16 Å². The van der Waals surface area contributed by atoms with E-state index in [1.54, 1.807) is 0 Å². The number of rotatable bonds is 9. The number of hydrogen-bond donors (Lipinski definition) is 1. The molecule has 0 aromatic carbocycles. The molecule has 0 aliphatic heterocycles. The molecule has 3 fully saturated rings. The lowest BCUT2D eigenvalue weighted by Gasteiger charge is -2.58. The second-order valence-electron chi connectivity index (χ2n) is 13.8. The Morgan fingerprint density at radius 2 is 1.86 bits per heavy atom. The summed E-state index contributed by atoms with van der Waals surface area (Å²) in [5.41, 5.74) is 2.30. The highest BCUT2D eigenvalue weighted by atomic mass is 16.7. The summed E-state index contributed by atoms with van der Waals surface area (Å²) in [5, 5.41) is 8.89. The summed E-state index contributed by atoms with van der Waals surface area (Å²) in [6.45, 7) is 14.8. The molecule has 0 saturated heterocycles. The second-order valence-corrected chi connectivity index (χ2v) is 13.8. The lowest BCUT2D eigenvalue weighted by atomic mass is 9.47. The van der Waals surface area contributed by atoms with Gasteiger partial charge in [-0.2, -0.15) is 0 Å². The average molecular weight is 503 g/mol. The molecule has 4 nitrogen and oxygen atoms in total. The molecule has 0 spiro atoms. The fraction of sp³-hybridized carbons (Fsp3) is 0.906. The maximum atomic E-state index is 11.9. The molecule has 3 saturated carbocycles. The van der Waals surface area contributed by atoms with Crippen molar-refractivity contribution in [3.63, 3.8) is 0 Å². The van der Waals surface area contributed by atoms with Crippen LogP contribution < -0.4 is 0 Å². The Kier molecular flexibility index (Phi) is 8.85. The molecular weight excluding hydrogens is 448 g/mol. The minimum atomic E-state index is -0.634. The third-order valence-electron chi connectivity index (χ3n) is 11.9. The molecule has 0 amide bonds. The topological polar surface area (TPSA) is 55.8 Å². The largest absolute Gasteiger partial charge is 0.508 e. The molecule has 4 aliphatic carbocycles. The van der Waals surface area contributed by atoms with E-state index in [-0.39, 0.29) is 24.7 Å². The lowest BCUT2D eigenvalue weighted by molar-refractivity contribution is -0.0622. The smallest absolute Gasteiger partial charge is 0.432 e. The molecule has 0 aromatic rings. The summed E-state index contributed by atoms with van der Waals surface area (Å²) in [5.74, 6) is 5.88. The van der Waals surface area contributed by atoms with Crippen molar-refractivity contribution in [1.82, 2.24) is 0 Å². The first-order chi connectivity index (χ1) is 17.1. The standard InChI is InChI=1S/C32H54O4/c1-7-23(21(2)3)9-8-22(4)27-12-13-28-26-11-10-24-20-25(36-30(34)35-19-18-33)14-16-31(24,5)29(26)15-17-32(27,28)6/h10,21-23,25-29,33H,7-9,11-20H2,1-6H3/t22-,23-,25+,26?,27-,28?,29?,31+,32-/m1/s1. The number of fused-ring (bicyclic) bond motifs is 5. The van der Waals surface area contributed by atoms with Gasteiger partial charge in [0.2, 0.25) is 0 Å². The number of carbonyl (C=O) groups excluding carboxylic acids is 1. The number of allylic oxidation sites excluding steroid dienone is 1. The highest BCUT2D eigenvalue weighted by molar-refractivity contribution is 5.60.